The molecule has 0 aliphatic carbocycles. The van der Waals surface area contributed by atoms with Crippen molar-refractivity contribution in [2.45, 2.75) is 19.0 Å². The van der Waals surface area contributed by atoms with Gasteiger partial charge in [0, 0.05) is 18.6 Å². The van der Waals surface area contributed by atoms with Crippen LogP contribution in [0.25, 0.3) is 0 Å². The fourth-order valence-electron chi connectivity index (χ4n) is 2.43. The summed E-state index contributed by atoms with van der Waals surface area (Å²) in [4.78, 5) is 2.21. The van der Waals surface area contributed by atoms with Crippen molar-refractivity contribution in [2.75, 3.05) is 20.6 Å². The summed E-state index contributed by atoms with van der Waals surface area (Å²) in [7, 11) is 4.17. The molecule has 0 fully saturated rings. The Bertz CT molecular complexity index is 537. The highest BCUT2D eigenvalue weighted by molar-refractivity contribution is 5.21. The molecule has 2 rings (SSSR count). The first-order valence-corrected chi connectivity index (χ1v) is 7.28. The highest BCUT2D eigenvalue weighted by atomic mass is 19.1. The number of nitrogens with one attached hydrogen (secondary N) is 1. The van der Waals surface area contributed by atoms with Crippen LogP contribution < -0.4 is 5.32 Å². The first kappa shape index (κ1) is 15.7. The minimum Gasteiger partial charge on any atom is -0.308 e. The maximum absolute atomic E-state index is 13.0. The normalized spacial score (nSPS) is 14.1. The molecule has 2 aromatic carbocycles. The molecule has 0 saturated heterocycles. The molecule has 0 aromatic heterocycles. The van der Waals surface area contributed by atoms with Crippen LogP contribution in [-0.4, -0.2) is 25.5 Å². The van der Waals surface area contributed by atoms with E-state index in [0.29, 0.717) is 6.04 Å². The predicted molar refractivity (Wildman–Crippen MR) is 85.7 cm³/mol. The van der Waals surface area contributed by atoms with Gasteiger partial charge in [0.05, 0.1) is 0 Å². The van der Waals surface area contributed by atoms with Gasteiger partial charge in [-0.05, 0) is 44.3 Å². The molecule has 0 amide bonds. The molecule has 0 heterocycles. The molecule has 0 aliphatic heterocycles. The first-order valence-electron chi connectivity index (χ1n) is 7.28. The Labute approximate surface area is 126 Å². The lowest BCUT2D eigenvalue weighted by Crippen LogP contribution is -2.32. The van der Waals surface area contributed by atoms with Crippen LogP contribution in [-0.2, 0) is 0 Å². The van der Waals surface area contributed by atoms with Gasteiger partial charge >= 0.3 is 0 Å². The van der Waals surface area contributed by atoms with E-state index in [9.17, 15) is 4.39 Å². The highest BCUT2D eigenvalue weighted by Gasteiger charge is 2.15. The third kappa shape index (κ3) is 4.38. The maximum Gasteiger partial charge on any atom is 0.123 e. The summed E-state index contributed by atoms with van der Waals surface area (Å²) in [5.41, 5.74) is 2.39. The van der Waals surface area contributed by atoms with Crippen molar-refractivity contribution in [2.24, 2.45) is 0 Å². The Balaban J connectivity index is 2.00. The van der Waals surface area contributed by atoms with Crippen molar-refractivity contribution < 1.29 is 4.39 Å². The summed E-state index contributed by atoms with van der Waals surface area (Å²) in [5.74, 6) is -0.193. The standard InChI is InChI=1S/C18H23FN2/c1-14(15-9-11-17(19)12-10-15)20-13-18(21(2)3)16-7-5-4-6-8-16/h4-12,14,18,20H,13H2,1-3H3. The largest absolute Gasteiger partial charge is 0.308 e. The number of likely N-dealkylation sites (N-methyl/N-ethyl adjacent to an activating group) is 1. The van der Waals surface area contributed by atoms with E-state index in [4.69, 9.17) is 0 Å². The van der Waals surface area contributed by atoms with Crippen LogP contribution in [0, 0.1) is 5.82 Å². The fraction of sp³-hybridized carbons (Fsp3) is 0.333. The molecular weight excluding hydrogens is 263 g/mol. The van der Waals surface area contributed by atoms with E-state index < -0.39 is 0 Å². The van der Waals surface area contributed by atoms with Crippen LogP contribution in [0.4, 0.5) is 4.39 Å². The van der Waals surface area contributed by atoms with Gasteiger partial charge in [0.2, 0.25) is 0 Å². The molecule has 1 N–H and O–H groups in total. The summed E-state index contributed by atoms with van der Waals surface area (Å²) in [6, 6.07) is 17.6. The second-order valence-corrected chi connectivity index (χ2v) is 5.57. The summed E-state index contributed by atoms with van der Waals surface area (Å²) >= 11 is 0. The lowest BCUT2D eigenvalue weighted by atomic mass is 10.0. The van der Waals surface area contributed by atoms with Gasteiger partial charge in [-0.25, -0.2) is 4.39 Å². The van der Waals surface area contributed by atoms with E-state index in [1.165, 1.54) is 17.7 Å². The molecule has 21 heavy (non-hydrogen) atoms. The Morgan fingerprint density at radius 1 is 0.952 bits per heavy atom. The monoisotopic (exact) mass is 286 g/mol. The molecule has 2 nitrogen and oxygen atoms in total. The molecule has 0 saturated carbocycles. The molecule has 0 radical (unpaired) electrons. The van der Waals surface area contributed by atoms with Gasteiger partial charge in [0.1, 0.15) is 5.82 Å². The van der Waals surface area contributed by atoms with Crippen molar-refractivity contribution in [1.82, 2.24) is 10.2 Å². The highest BCUT2D eigenvalue weighted by Crippen LogP contribution is 2.19. The van der Waals surface area contributed by atoms with Gasteiger partial charge < -0.3 is 10.2 Å². The second kappa shape index (κ2) is 7.34. The van der Waals surface area contributed by atoms with Gasteiger partial charge in [-0.2, -0.15) is 0 Å². The Morgan fingerprint density at radius 3 is 2.14 bits per heavy atom. The van der Waals surface area contributed by atoms with E-state index in [1.807, 2.05) is 18.2 Å². The third-order valence-electron chi connectivity index (χ3n) is 3.80. The van der Waals surface area contributed by atoms with E-state index in [2.05, 4.69) is 55.5 Å². The summed E-state index contributed by atoms with van der Waals surface area (Å²) in [5, 5.41) is 3.53. The Kier molecular flexibility index (Phi) is 5.48. The lowest BCUT2D eigenvalue weighted by molar-refractivity contribution is 0.281. The van der Waals surface area contributed by atoms with E-state index in [0.717, 1.165) is 12.1 Å². The zero-order valence-corrected chi connectivity index (χ0v) is 12.9. The summed E-state index contributed by atoms with van der Waals surface area (Å²) < 4.78 is 13.0. The van der Waals surface area contributed by atoms with E-state index in [1.54, 1.807) is 0 Å². The minimum absolute atomic E-state index is 0.191. The average molecular weight is 286 g/mol. The fourth-order valence-corrected chi connectivity index (χ4v) is 2.43. The zero-order chi connectivity index (χ0) is 15.2. The SMILES string of the molecule is CC(NCC(c1ccccc1)N(C)C)c1ccc(F)cc1. The molecular formula is C18H23FN2. The molecule has 0 spiro atoms. The molecule has 112 valence electrons. The average Bonchev–Trinajstić information content (AvgIpc) is 2.48. The predicted octanol–water partition coefficient (Wildman–Crippen LogP) is 3.78. The number of benzene rings is 2. The Morgan fingerprint density at radius 2 is 1.57 bits per heavy atom. The van der Waals surface area contributed by atoms with Crippen LogP contribution >= 0.6 is 0 Å². The molecule has 0 bridgehead atoms. The van der Waals surface area contributed by atoms with Crippen molar-refractivity contribution >= 4 is 0 Å². The Hall–Kier alpha value is -1.71. The van der Waals surface area contributed by atoms with Crippen molar-refractivity contribution in [3.05, 3.63) is 71.5 Å². The smallest absolute Gasteiger partial charge is 0.123 e. The van der Waals surface area contributed by atoms with Crippen molar-refractivity contribution in [3.8, 4) is 0 Å². The van der Waals surface area contributed by atoms with Crippen LogP contribution in [0.15, 0.2) is 54.6 Å². The van der Waals surface area contributed by atoms with Crippen LogP contribution in [0.2, 0.25) is 0 Å². The maximum atomic E-state index is 13.0. The van der Waals surface area contributed by atoms with E-state index in [-0.39, 0.29) is 11.9 Å². The molecule has 0 aliphatic rings. The van der Waals surface area contributed by atoms with Crippen molar-refractivity contribution in [3.63, 3.8) is 0 Å². The minimum atomic E-state index is -0.193. The third-order valence-corrected chi connectivity index (χ3v) is 3.80. The van der Waals surface area contributed by atoms with Crippen LogP contribution in [0.5, 0.6) is 0 Å². The van der Waals surface area contributed by atoms with Crippen LogP contribution in [0.1, 0.15) is 30.1 Å². The van der Waals surface area contributed by atoms with Crippen LogP contribution in [0.3, 0.4) is 0 Å². The molecule has 2 aromatic rings. The molecule has 2 atom stereocenters. The number of rotatable bonds is 6. The quantitative estimate of drug-likeness (QED) is 0.869. The molecule has 2 unspecified atom stereocenters. The van der Waals surface area contributed by atoms with Gasteiger partial charge in [0.15, 0.2) is 0 Å². The van der Waals surface area contributed by atoms with Gasteiger partial charge in [0.25, 0.3) is 0 Å². The lowest BCUT2D eigenvalue weighted by Gasteiger charge is -2.27. The summed E-state index contributed by atoms with van der Waals surface area (Å²) in [6.45, 7) is 2.94. The van der Waals surface area contributed by atoms with Crippen molar-refractivity contribution in [1.29, 1.82) is 0 Å². The van der Waals surface area contributed by atoms with Gasteiger partial charge in [-0.1, -0.05) is 42.5 Å². The zero-order valence-electron chi connectivity index (χ0n) is 12.9. The number of hydrogen-bond acceptors (Lipinski definition) is 2. The number of nitrogens with zero attached hydrogens (tertiary/aromatic N) is 1. The topological polar surface area (TPSA) is 15.3 Å². The number of halogens is 1. The second-order valence-electron chi connectivity index (χ2n) is 5.57. The van der Waals surface area contributed by atoms with Gasteiger partial charge in [-0.15, -0.1) is 0 Å². The van der Waals surface area contributed by atoms with E-state index >= 15 is 0 Å². The number of hydrogen-bond donors (Lipinski definition) is 1. The summed E-state index contributed by atoms with van der Waals surface area (Å²) in [6.07, 6.45) is 0. The van der Waals surface area contributed by atoms with Gasteiger partial charge in [-0.3, -0.25) is 0 Å². The first-order chi connectivity index (χ1) is 10.1. The molecule has 3 heteroatoms.